The van der Waals surface area contributed by atoms with E-state index in [0.717, 1.165) is 26.2 Å². The first kappa shape index (κ1) is 24.5. The van der Waals surface area contributed by atoms with Crippen molar-refractivity contribution < 1.29 is 24.2 Å². The van der Waals surface area contributed by atoms with Crippen LogP contribution in [0.1, 0.15) is 85.0 Å². The fourth-order valence-corrected chi connectivity index (χ4v) is 2.86. The van der Waals surface area contributed by atoms with Crippen molar-refractivity contribution in [2.24, 2.45) is 17.4 Å². The van der Waals surface area contributed by atoms with E-state index in [1.54, 1.807) is 6.92 Å². The molecule has 0 fully saturated rings. The number of rotatable bonds is 14. The van der Waals surface area contributed by atoms with E-state index in [-0.39, 0.29) is 12.2 Å². The van der Waals surface area contributed by atoms with E-state index in [9.17, 15) is 14.4 Å². The van der Waals surface area contributed by atoms with Crippen molar-refractivity contribution in [2.45, 2.75) is 90.5 Å². The molecule has 0 aromatic heterocycles. The molecule has 7 nitrogen and oxygen atoms in total. The highest BCUT2D eigenvalue weighted by atomic mass is 17.2. The summed E-state index contributed by atoms with van der Waals surface area (Å²) in [6, 6.07) is 0. The Morgan fingerprint density at radius 1 is 0.962 bits per heavy atom. The zero-order valence-corrected chi connectivity index (χ0v) is 16.6. The number of carbonyl (C=O) groups is 3. The molecule has 0 radical (unpaired) electrons. The van der Waals surface area contributed by atoms with Crippen molar-refractivity contribution in [3.05, 3.63) is 0 Å². The molecule has 0 spiro atoms. The van der Waals surface area contributed by atoms with E-state index >= 15 is 0 Å². The summed E-state index contributed by atoms with van der Waals surface area (Å²) >= 11 is 0. The Morgan fingerprint density at radius 3 is 2.08 bits per heavy atom. The fourth-order valence-electron chi connectivity index (χ4n) is 2.86. The van der Waals surface area contributed by atoms with Crippen LogP contribution in [0.15, 0.2) is 0 Å². The zero-order chi connectivity index (χ0) is 20.0. The minimum Gasteiger partial charge on any atom is -0.330 e. The third kappa shape index (κ3) is 8.76. The van der Waals surface area contributed by atoms with Gasteiger partial charge in [0.05, 0.1) is 0 Å². The van der Waals surface area contributed by atoms with Gasteiger partial charge in [0.15, 0.2) is 11.3 Å². The number of hydrogen-bond donors (Lipinski definition) is 2. The molecular weight excluding hydrogens is 336 g/mol. The van der Waals surface area contributed by atoms with Crippen LogP contribution in [0.4, 0.5) is 0 Å². The second-order valence-corrected chi connectivity index (χ2v) is 6.94. The van der Waals surface area contributed by atoms with Gasteiger partial charge in [0.25, 0.3) is 0 Å². The monoisotopic (exact) mass is 372 g/mol. The molecule has 0 saturated carbocycles. The average Bonchev–Trinajstić information content (AvgIpc) is 2.62. The van der Waals surface area contributed by atoms with E-state index in [2.05, 4.69) is 16.7 Å². The van der Waals surface area contributed by atoms with Gasteiger partial charge in [0.2, 0.25) is 0 Å². The number of unbranched alkanes of at least 4 members (excludes halogenated alkanes) is 6. The second kappa shape index (κ2) is 13.7. The maximum Gasteiger partial charge on any atom is 0.383 e. The molecule has 7 heteroatoms. The molecule has 0 saturated heterocycles. The summed E-state index contributed by atoms with van der Waals surface area (Å²) in [5, 5.41) is 0. The molecule has 0 aliphatic carbocycles. The van der Waals surface area contributed by atoms with Gasteiger partial charge in [0, 0.05) is 13.3 Å². The number of carbonyl (C=O) groups excluding carboxylic acids is 3. The van der Waals surface area contributed by atoms with E-state index in [1.165, 1.54) is 19.3 Å². The summed E-state index contributed by atoms with van der Waals surface area (Å²) in [6.07, 6.45) is 8.77. The largest absolute Gasteiger partial charge is 0.383 e. The molecule has 0 amide bonds. The van der Waals surface area contributed by atoms with Gasteiger partial charge in [0.1, 0.15) is 0 Å². The topological polar surface area (TPSA) is 122 Å². The minimum absolute atomic E-state index is 0.201. The third-order valence-electron chi connectivity index (χ3n) is 4.66. The summed E-state index contributed by atoms with van der Waals surface area (Å²) < 4.78 is 0. The highest BCUT2D eigenvalue weighted by Gasteiger charge is 2.48. The predicted molar refractivity (Wildman–Crippen MR) is 99.8 cm³/mol. The van der Waals surface area contributed by atoms with Crippen molar-refractivity contribution in [1.29, 1.82) is 0 Å². The molecule has 26 heavy (non-hydrogen) atoms. The van der Waals surface area contributed by atoms with E-state index < -0.39 is 23.4 Å². The number of nitrogens with two attached hydrogens (primary N) is 2. The van der Waals surface area contributed by atoms with Crippen LogP contribution in [0.2, 0.25) is 0 Å². The predicted octanol–water partition coefficient (Wildman–Crippen LogP) is 2.79. The Bertz CT molecular complexity index is 442. The van der Waals surface area contributed by atoms with Gasteiger partial charge >= 0.3 is 11.9 Å². The molecule has 0 bridgehead atoms. The Hall–Kier alpha value is -1.47. The lowest BCUT2D eigenvalue weighted by Crippen LogP contribution is -2.60. The van der Waals surface area contributed by atoms with Gasteiger partial charge in [-0.05, 0) is 31.7 Å². The maximum absolute atomic E-state index is 12.7. The fraction of sp³-hybridized carbons (Fsp3) is 0.842. The minimum atomic E-state index is -1.83. The Kier molecular flexibility index (Phi) is 12.9. The summed E-state index contributed by atoms with van der Waals surface area (Å²) in [6.45, 7) is 5.42. The van der Waals surface area contributed by atoms with Crippen LogP contribution in [0.25, 0.3) is 0 Å². The van der Waals surface area contributed by atoms with Gasteiger partial charge in [-0.2, -0.15) is 0 Å². The van der Waals surface area contributed by atoms with E-state index in [4.69, 9.17) is 11.5 Å². The molecule has 152 valence electrons. The van der Waals surface area contributed by atoms with Crippen LogP contribution in [0.5, 0.6) is 0 Å². The molecule has 2 unspecified atom stereocenters. The van der Waals surface area contributed by atoms with Crippen LogP contribution in [0.3, 0.4) is 0 Å². The van der Waals surface area contributed by atoms with Gasteiger partial charge in [-0.1, -0.05) is 52.4 Å². The summed E-state index contributed by atoms with van der Waals surface area (Å²) in [5.74, 6) is -2.65. The molecule has 0 aromatic carbocycles. The zero-order valence-electron chi connectivity index (χ0n) is 16.6. The van der Waals surface area contributed by atoms with E-state index in [0.29, 0.717) is 25.8 Å². The first-order valence-corrected chi connectivity index (χ1v) is 9.72. The normalized spacial score (nSPS) is 14.3. The van der Waals surface area contributed by atoms with E-state index in [1.807, 2.05) is 0 Å². The summed E-state index contributed by atoms with van der Waals surface area (Å²) in [7, 11) is 0. The molecule has 4 N–H and O–H groups in total. The standard InChI is InChI=1S/C19H36N2O5/c1-4-5-6-7-8-9-10-13-17(23)19(21,15(2)12-11-14-20)18(24)26-25-16(3)22/h15H,4-14,20-21H2,1-3H3. The van der Waals surface area contributed by atoms with Gasteiger partial charge < -0.3 is 11.5 Å². The molecule has 0 rings (SSSR count). The third-order valence-corrected chi connectivity index (χ3v) is 4.66. The Morgan fingerprint density at radius 2 is 1.54 bits per heavy atom. The molecule has 0 aliphatic rings. The van der Waals surface area contributed by atoms with Crippen molar-refractivity contribution in [3.63, 3.8) is 0 Å². The molecule has 0 aromatic rings. The van der Waals surface area contributed by atoms with Crippen LogP contribution in [0, 0.1) is 5.92 Å². The summed E-state index contributed by atoms with van der Waals surface area (Å²) in [5.41, 5.74) is 9.86. The first-order valence-electron chi connectivity index (χ1n) is 9.72. The summed E-state index contributed by atoms with van der Waals surface area (Å²) in [4.78, 5) is 44.7. The SMILES string of the molecule is CCCCCCCCCC(=O)C(N)(C(=O)OOC(C)=O)C(C)CCCN. The quantitative estimate of drug-likeness (QED) is 0.208. The second-order valence-electron chi connectivity index (χ2n) is 6.94. The molecule has 2 atom stereocenters. The van der Waals surface area contributed by atoms with Crippen molar-refractivity contribution in [3.8, 4) is 0 Å². The van der Waals surface area contributed by atoms with Gasteiger partial charge in [-0.3, -0.25) is 4.79 Å². The number of hydrogen-bond acceptors (Lipinski definition) is 7. The molecule has 0 aliphatic heterocycles. The highest BCUT2D eigenvalue weighted by Crippen LogP contribution is 2.25. The number of Topliss-reactive ketones (excluding diaryl/α,β-unsaturated/α-hetero) is 1. The van der Waals surface area contributed by atoms with Crippen molar-refractivity contribution >= 4 is 17.7 Å². The Balaban J connectivity index is 4.73. The van der Waals surface area contributed by atoms with Crippen LogP contribution < -0.4 is 11.5 Å². The van der Waals surface area contributed by atoms with Gasteiger partial charge in [-0.25, -0.2) is 19.4 Å². The lowest BCUT2D eigenvalue weighted by atomic mass is 9.78. The van der Waals surface area contributed by atoms with Crippen LogP contribution in [-0.2, 0) is 24.2 Å². The Labute approximate surface area is 157 Å². The average molecular weight is 373 g/mol. The van der Waals surface area contributed by atoms with Crippen molar-refractivity contribution in [1.82, 2.24) is 0 Å². The highest BCUT2D eigenvalue weighted by molar-refractivity contribution is 6.08. The van der Waals surface area contributed by atoms with Crippen LogP contribution in [-0.4, -0.2) is 29.8 Å². The lowest BCUT2D eigenvalue weighted by molar-refractivity contribution is -0.262. The number of ketones is 1. The van der Waals surface area contributed by atoms with Crippen molar-refractivity contribution in [2.75, 3.05) is 6.54 Å². The maximum atomic E-state index is 12.7. The van der Waals surface area contributed by atoms with Gasteiger partial charge in [-0.15, -0.1) is 0 Å². The lowest BCUT2D eigenvalue weighted by Gasteiger charge is -2.30. The van der Waals surface area contributed by atoms with Crippen LogP contribution >= 0.6 is 0 Å². The first-order chi connectivity index (χ1) is 12.3. The molecule has 0 heterocycles. The molecular formula is C19H36N2O5. The smallest absolute Gasteiger partial charge is 0.330 e.